The number of piperazine rings is 1. The van der Waals surface area contributed by atoms with E-state index < -0.39 is 0 Å². The lowest BCUT2D eigenvalue weighted by molar-refractivity contribution is -0.0447. The number of thiol groups is 1. The van der Waals surface area contributed by atoms with Crippen molar-refractivity contribution < 1.29 is 14.2 Å². The number of benzene rings is 2. The normalized spacial score (nSPS) is 18.0. The molecule has 2 heterocycles. The van der Waals surface area contributed by atoms with Gasteiger partial charge in [-0.25, -0.2) is 0 Å². The molecule has 0 unspecified atom stereocenters. The summed E-state index contributed by atoms with van der Waals surface area (Å²) in [5.74, 6) is 1.51. The largest absolute Gasteiger partial charge is 0.457 e. The van der Waals surface area contributed by atoms with Crippen molar-refractivity contribution in [1.29, 1.82) is 0 Å². The summed E-state index contributed by atoms with van der Waals surface area (Å²) in [6, 6.07) is 13.3. The van der Waals surface area contributed by atoms with Crippen LogP contribution in [0.1, 0.15) is 11.9 Å². The third-order valence-electron chi connectivity index (χ3n) is 4.26. The summed E-state index contributed by atoms with van der Waals surface area (Å²) in [6.45, 7) is 5.98. The van der Waals surface area contributed by atoms with Gasteiger partial charge in [-0.3, -0.25) is 0 Å². The number of hydrogen-bond donors (Lipinski definition) is 2. The maximum atomic E-state index is 5.82. The summed E-state index contributed by atoms with van der Waals surface area (Å²) in [5, 5.41) is 3.27. The fourth-order valence-corrected chi connectivity index (χ4v) is 3.31. The summed E-state index contributed by atoms with van der Waals surface area (Å²) in [4.78, 5) is 3.23. The fraction of sp³-hybridized carbons (Fsp3) is 0.400. The Morgan fingerprint density at radius 3 is 2.26 bits per heavy atom. The van der Waals surface area contributed by atoms with Crippen LogP contribution in [0.2, 0.25) is 0 Å². The summed E-state index contributed by atoms with van der Waals surface area (Å²) in [5.41, 5.74) is 0.936. The van der Waals surface area contributed by atoms with Crippen LogP contribution in [0.15, 0.2) is 51.8 Å². The second-order valence-corrected chi connectivity index (χ2v) is 7.78. The Morgan fingerprint density at radius 1 is 1.04 bits per heavy atom. The van der Waals surface area contributed by atoms with E-state index in [2.05, 4.69) is 45.8 Å². The first-order chi connectivity index (χ1) is 13.1. The van der Waals surface area contributed by atoms with E-state index in [4.69, 9.17) is 14.2 Å². The van der Waals surface area contributed by atoms with Gasteiger partial charge in [0.2, 0.25) is 0 Å². The van der Waals surface area contributed by atoms with Crippen molar-refractivity contribution in [2.75, 3.05) is 46.4 Å². The van der Waals surface area contributed by atoms with Crippen LogP contribution in [0.25, 0.3) is 0 Å². The van der Waals surface area contributed by atoms with Crippen LogP contribution in [0.5, 0.6) is 11.5 Å². The number of likely N-dealkylation sites (N-methyl/N-ethyl adjacent to an activating group) is 1. The molecule has 0 saturated carbocycles. The van der Waals surface area contributed by atoms with E-state index in [1.807, 2.05) is 42.5 Å². The van der Waals surface area contributed by atoms with Crippen LogP contribution in [0, 0.1) is 0 Å². The van der Waals surface area contributed by atoms with Gasteiger partial charge in [-0.1, -0.05) is 15.9 Å². The molecular weight excluding hydrogens is 428 g/mol. The first kappa shape index (κ1) is 20.6. The van der Waals surface area contributed by atoms with E-state index in [9.17, 15) is 0 Å². The molecule has 4 rings (SSSR count). The molecule has 7 heteroatoms. The molecule has 0 aliphatic carbocycles. The van der Waals surface area contributed by atoms with Crippen molar-refractivity contribution >= 4 is 28.6 Å². The Bertz CT molecular complexity index is 718. The highest BCUT2D eigenvalue weighted by atomic mass is 79.9. The van der Waals surface area contributed by atoms with Crippen molar-refractivity contribution in [2.45, 2.75) is 11.2 Å². The zero-order valence-electron chi connectivity index (χ0n) is 15.4. The molecule has 146 valence electrons. The zero-order valence-corrected chi connectivity index (χ0v) is 17.8. The topological polar surface area (TPSA) is 43.0 Å². The molecule has 2 aliphatic rings. The second-order valence-electron chi connectivity index (χ2n) is 6.41. The van der Waals surface area contributed by atoms with Crippen LogP contribution >= 0.6 is 28.6 Å². The third kappa shape index (κ3) is 6.48. The lowest BCUT2D eigenvalue weighted by Crippen LogP contribution is -2.40. The van der Waals surface area contributed by atoms with Gasteiger partial charge in [0.25, 0.3) is 0 Å². The number of nitrogens with one attached hydrogen (secondary N) is 1. The molecule has 0 amide bonds. The smallest absolute Gasteiger partial charge is 0.185 e. The first-order valence-electron chi connectivity index (χ1n) is 9.00. The van der Waals surface area contributed by atoms with Gasteiger partial charge in [0.05, 0.1) is 13.2 Å². The molecule has 0 aromatic heterocycles. The van der Waals surface area contributed by atoms with E-state index in [1.165, 1.54) is 13.1 Å². The molecule has 1 N–H and O–H groups in total. The van der Waals surface area contributed by atoms with E-state index in [-0.39, 0.29) is 6.29 Å². The van der Waals surface area contributed by atoms with Crippen molar-refractivity contribution in [2.24, 2.45) is 0 Å². The summed E-state index contributed by atoms with van der Waals surface area (Å²) >= 11 is 7.76. The van der Waals surface area contributed by atoms with Gasteiger partial charge in [0, 0.05) is 41.1 Å². The van der Waals surface area contributed by atoms with E-state index >= 15 is 0 Å². The number of rotatable bonds is 3. The van der Waals surface area contributed by atoms with Crippen molar-refractivity contribution in [3.05, 3.63) is 52.5 Å². The predicted octanol–water partition coefficient (Wildman–Crippen LogP) is 4.10. The van der Waals surface area contributed by atoms with Gasteiger partial charge in [-0.05, 0) is 49.5 Å². The highest BCUT2D eigenvalue weighted by Crippen LogP contribution is 2.34. The van der Waals surface area contributed by atoms with E-state index in [0.717, 1.165) is 39.5 Å². The van der Waals surface area contributed by atoms with Gasteiger partial charge in [0.15, 0.2) is 6.29 Å². The maximum Gasteiger partial charge on any atom is 0.185 e. The lowest BCUT2D eigenvalue weighted by atomic mass is 10.2. The summed E-state index contributed by atoms with van der Waals surface area (Å²) in [7, 11) is 2.15. The van der Waals surface area contributed by atoms with Gasteiger partial charge < -0.3 is 24.4 Å². The molecule has 0 bridgehead atoms. The minimum Gasteiger partial charge on any atom is -0.457 e. The van der Waals surface area contributed by atoms with E-state index in [1.54, 1.807) is 0 Å². The molecule has 2 aromatic rings. The molecule has 2 aromatic carbocycles. The van der Waals surface area contributed by atoms with Gasteiger partial charge >= 0.3 is 0 Å². The Balaban J connectivity index is 0.000000253. The number of ether oxygens (including phenoxy) is 3. The zero-order chi connectivity index (χ0) is 19.1. The minimum absolute atomic E-state index is 0.326. The van der Waals surface area contributed by atoms with Crippen molar-refractivity contribution in [3.63, 3.8) is 0 Å². The number of nitrogens with zero attached hydrogens (tertiary/aromatic N) is 1. The monoisotopic (exact) mass is 452 g/mol. The lowest BCUT2D eigenvalue weighted by Gasteiger charge is -2.21. The SMILES string of the molecule is CN1CCNCC1.Sc1ccc(Oc2ccc(Br)c(C3OCCO3)c2)cc1. The molecule has 2 fully saturated rings. The molecule has 0 radical (unpaired) electrons. The Labute approximate surface area is 174 Å². The van der Waals surface area contributed by atoms with Gasteiger partial charge in [-0.2, -0.15) is 0 Å². The second kappa shape index (κ2) is 10.5. The average molecular weight is 453 g/mol. The van der Waals surface area contributed by atoms with Crippen molar-refractivity contribution in [1.82, 2.24) is 10.2 Å². The first-order valence-corrected chi connectivity index (χ1v) is 10.2. The van der Waals surface area contributed by atoms with Gasteiger partial charge in [-0.15, -0.1) is 12.6 Å². The highest BCUT2D eigenvalue weighted by molar-refractivity contribution is 9.10. The minimum atomic E-state index is -0.326. The Morgan fingerprint density at radius 2 is 1.67 bits per heavy atom. The van der Waals surface area contributed by atoms with Gasteiger partial charge in [0.1, 0.15) is 11.5 Å². The number of hydrogen-bond acceptors (Lipinski definition) is 6. The molecule has 27 heavy (non-hydrogen) atoms. The Hall–Kier alpha value is -1.09. The summed E-state index contributed by atoms with van der Waals surface area (Å²) < 4.78 is 17.8. The van der Waals surface area contributed by atoms with Crippen LogP contribution in [-0.4, -0.2) is 51.3 Å². The van der Waals surface area contributed by atoms with Crippen LogP contribution < -0.4 is 10.1 Å². The molecule has 0 spiro atoms. The highest BCUT2D eigenvalue weighted by Gasteiger charge is 2.21. The standard InChI is InChI=1S/C15H13BrO3S.C5H12N2/c16-14-6-3-11(9-13(14)15-17-7-8-18-15)19-10-1-4-12(20)5-2-10;1-7-4-2-6-3-5-7/h1-6,9,15,20H,7-8H2;6H,2-5H2,1H3. The average Bonchev–Trinajstić information content (AvgIpc) is 3.21. The predicted molar refractivity (Wildman–Crippen MR) is 113 cm³/mol. The molecule has 2 aliphatic heterocycles. The molecule has 2 saturated heterocycles. The van der Waals surface area contributed by atoms with Crippen LogP contribution in [0.3, 0.4) is 0 Å². The van der Waals surface area contributed by atoms with Crippen LogP contribution in [-0.2, 0) is 9.47 Å². The molecular formula is C20H25BrN2O3S. The fourth-order valence-electron chi connectivity index (χ4n) is 2.73. The Kier molecular flexibility index (Phi) is 7.99. The summed E-state index contributed by atoms with van der Waals surface area (Å²) in [6.07, 6.45) is -0.326. The third-order valence-corrected chi connectivity index (χ3v) is 5.28. The number of halogens is 1. The quantitative estimate of drug-likeness (QED) is 0.686. The molecule has 5 nitrogen and oxygen atoms in total. The van der Waals surface area contributed by atoms with Crippen molar-refractivity contribution in [3.8, 4) is 11.5 Å². The van der Waals surface area contributed by atoms with Crippen LogP contribution in [0.4, 0.5) is 0 Å². The maximum absolute atomic E-state index is 5.82. The molecule has 0 atom stereocenters. The van der Waals surface area contributed by atoms with E-state index in [0.29, 0.717) is 13.2 Å².